The number of nitrogens with two attached hydrogens (primary N) is 1. The molecule has 0 radical (unpaired) electrons. The summed E-state index contributed by atoms with van der Waals surface area (Å²) in [6.45, 7) is 6.95. The number of hydrogen-bond donors (Lipinski definition) is 1. The molecule has 1 aromatic heterocycles. The van der Waals surface area contributed by atoms with Crippen molar-refractivity contribution >= 4 is 11.5 Å². The van der Waals surface area contributed by atoms with Crippen LogP contribution in [0.25, 0.3) is 0 Å². The molecule has 1 saturated heterocycles. The number of anilines is 2. The molecular weight excluding hydrogens is 280 g/mol. The topological polar surface area (TPSA) is 73.5 Å². The summed E-state index contributed by atoms with van der Waals surface area (Å²) in [5.41, 5.74) is 8.94. The maximum atomic E-state index is 6.21. The van der Waals surface area contributed by atoms with Crippen molar-refractivity contribution in [3.8, 4) is 11.6 Å². The van der Waals surface area contributed by atoms with Gasteiger partial charge in [-0.2, -0.15) is 4.98 Å². The second-order valence-corrected chi connectivity index (χ2v) is 5.44. The Labute approximate surface area is 129 Å². The fourth-order valence-corrected chi connectivity index (χ4v) is 2.58. The summed E-state index contributed by atoms with van der Waals surface area (Å²) in [6, 6.07) is 6.02. The molecule has 116 valence electrons. The summed E-state index contributed by atoms with van der Waals surface area (Å²) in [4.78, 5) is 10.6. The Hall–Kier alpha value is -2.34. The van der Waals surface area contributed by atoms with Gasteiger partial charge in [0.1, 0.15) is 17.8 Å². The lowest BCUT2D eigenvalue weighted by Crippen LogP contribution is -2.37. The Morgan fingerprint density at radius 2 is 1.77 bits per heavy atom. The van der Waals surface area contributed by atoms with Gasteiger partial charge >= 0.3 is 0 Å². The molecular formula is C16H20N4O2. The molecule has 0 saturated carbocycles. The number of aryl methyl sites for hydroxylation is 2. The van der Waals surface area contributed by atoms with Gasteiger partial charge in [-0.1, -0.05) is 6.07 Å². The summed E-state index contributed by atoms with van der Waals surface area (Å²) in [5.74, 6) is 1.83. The van der Waals surface area contributed by atoms with E-state index in [0.717, 1.165) is 30.0 Å². The molecule has 22 heavy (non-hydrogen) atoms. The molecule has 6 heteroatoms. The van der Waals surface area contributed by atoms with Crippen LogP contribution >= 0.6 is 0 Å². The highest BCUT2D eigenvalue weighted by molar-refractivity contribution is 5.68. The van der Waals surface area contributed by atoms with Gasteiger partial charge in [0.2, 0.25) is 5.88 Å². The van der Waals surface area contributed by atoms with E-state index in [0.29, 0.717) is 30.6 Å². The smallest absolute Gasteiger partial charge is 0.248 e. The number of aromatic nitrogens is 2. The highest BCUT2D eigenvalue weighted by Crippen LogP contribution is 2.32. The standard InChI is InChI=1S/C16H20N4O2/c1-11-7-12(2)9-13(8-11)22-16-14(17)15(18-10-19-16)20-3-5-21-6-4-20/h7-10H,3-6,17H2,1-2H3. The van der Waals surface area contributed by atoms with E-state index >= 15 is 0 Å². The van der Waals surface area contributed by atoms with Crippen molar-refractivity contribution in [1.29, 1.82) is 0 Å². The number of rotatable bonds is 3. The van der Waals surface area contributed by atoms with E-state index < -0.39 is 0 Å². The lowest BCUT2D eigenvalue weighted by atomic mass is 10.1. The first-order valence-electron chi connectivity index (χ1n) is 7.33. The molecule has 1 fully saturated rings. The van der Waals surface area contributed by atoms with Crippen molar-refractivity contribution in [2.45, 2.75) is 13.8 Å². The zero-order valence-electron chi connectivity index (χ0n) is 12.9. The van der Waals surface area contributed by atoms with Crippen LogP contribution in [0.3, 0.4) is 0 Å². The maximum absolute atomic E-state index is 6.21. The molecule has 2 N–H and O–H groups in total. The van der Waals surface area contributed by atoms with E-state index in [4.69, 9.17) is 15.2 Å². The second-order valence-electron chi connectivity index (χ2n) is 5.44. The number of hydrogen-bond acceptors (Lipinski definition) is 6. The molecule has 0 unspecified atom stereocenters. The Morgan fingerprint density at radius 1 is 1.09 bits per heavy atom. The molecule has 2 aromatic rings. The molecule has 2 heterocycles. The summed E-state index contributed by atoms with van der Waals surface area (Å²) in [5, 5.41) is 0. The van der Waals surface area contributed by atoms with Crippen LogP contribution in [0.15, 0.2) is 24.5 Å². The molecule has 0 spiro atoms. The molecule has 1 aromatic carbocycles. The van der Waals surface area contributed by atoms with Gasteiger partial charge in [-0.3, -0.25) is 0 Å². The van der Waals surface area contributed by atoms with Crippen LogP contribution in [0.5, 0.6) is 11.6 Å². The third-order valence-electron chi connectivity index (χ3n) is 3.55. The summed E-state index contributed by atoms with van der Waals surface area (Å²) in [6.07, 6.45) is 1.49. The molecule has 6 nitrogen and oxygen atoms in total. The summed E-state index contributed by atoms with van der Waals surface area (Å²) < 4.78 is 11.2. The van der Waals surface area contributed by atoms with Crippen LogP contribution in [-0.4, -0.2) is 36.3 Å². The fourth-order valence-electron chi connectivity index (χ4n) is 2.58. The SMILES string of the molecule is Cc1cc(C)cc(Oc2ncnc(N3CCOCC3)c2N)c1. The number of morpholine rings is 1. The van der Waals surface area contributed by atoms with Crippen molar-refractivity contribution in [2.24, 2.45) is 0 Å². The lowest BCUT2D eigenvalue weighted by Gasteiger charge is -2.28. The van der Waals surface area contributed by atoms with Gasteiger partial charge in [0.25, 0.3) is 0 Å². The Bertz CT molecular complexity index is 649. The van der Waals surface area contributed by atoms with Crippen LogP contribution in [0, 0.1) is 13.8 Å². The molecule has 0 bridgehead atoms. The Morgan fingerprint density at radius 3 is 2.45 bits per heavy atom. The predicted molar refractivity (Wildman–Crippen MR) is 85.5 cm³/mol. The van der Waals surface area contributed by atoms with E-state index in [1.54, 1.807) is 0 Å². The largest absolute Gasteiger partial charge is 0.437 e. The van der Waals surface area contributed by atoms with Crippen molar-refractivity contribution in [3.63, 3.8) is 0 Å². The maximum Gasteiger partial charge on any atom is 0.248 e. The minimum absolute atomic E-state index is 0.390. The quantitative estimate of drug-likeness (QED) is 0.937. The van der Waals surface area contributed by atoms with Crippen LogP contribution in [0.4, 0.5) is 11.5 Å². The van der Waals surface area contributed by atoms with Gasteiger partial charge in [-0.25, -0.2) is 4.98 Å². The monoisotopic (exact) mass is 300 g/mol. The number of ether oxygens (including phenoxy) is 2. The molecule has 0 aliphatic carbocycles. The summed E-state index contributed by atoms with van der Waals surface area (Å²) in [7, 11) is 0. The van der Waals surface area contributed by atoms with Crippen molar-refractivity contribution in [3.05, 3.63) is 35.7 Å². The third kappa shape index (κ3) is 3.12. The van der Waals surface area contributed by atoms with Crippen molar-refractivity contribution in [1.82, 2.24) is 9.97 Å². The van der Waals surface area contributed by atoms with E-state index in [9.17, 15) is 0 Å². The average molecular weight is 300 g/mol. The first-order chi connectivity index (χ1) is 10.6. The first kappa shape index (κ1) is 14.6. The van der Waals surface area contributed by atoms with Crippen LogP contribution in [0.2, 0.25) is 0 Å². The zero-order valence-corrected chi connectivity index (χ0v) is 12.9. The lowest BCUT2D eigenvalue weighted by molar-refractivity contribution is 0.122. The van der Waals surface area contributed by atoms with Gasteiger partial charge in [0.15, 0.2) is 5.82 Å². The highest BCUT2D eigenvalue weighted by atomic mass is 16.5. The zero-order chi connectivity index (χ0) is 15.5. The predicted octanol–water partition coefficient (Wildman–Crippen LogP) is 2.30. The van der Waals surface area contributed by atoms with E-state index in [-0.39, 0.29) is 0 Å². The summed E-state index contributed by atoms with van der Waals surface area (Å²) >= 11 is 0. The number of benzene rings is 1. The molecule has 1 aliphatic rings. The van der Waals surface area contributed by atoms with Crippen LogP contribution < -0.4 is 15.4 Å². The van der Waals surface area contributed by atoms with Crippen LogP contribution in [-0.2, 0) is 4.74 Å². The normalized spacial score (nSPS) is 14.9. The number of nitrogens with zero attached hydrogens (tertiary/aromatic N) is 3. The van der Waals surface area contributed by atoms with Gasteiger partial charge < -0.3 is 20.1 Å². The molecule has 0 atom stereocenters. The minimum Gasteiger partial charge on any atom is -0.437 e. The fraction of sp³-hybridized carbons (Fsp3) is 0.375. The first-order valence-corrected chi connectivity index (χ1v) is 7.33. The van der Waals surface area contributed by atoms with Crippen molar-refractivity contribution in [2.75, 3.05) is 36.9 Å². The minimum atomic E-state index is 0.390. The van der Waals surface area contributed by atoms with Gasteiger partial charge in [-0.15, -0.1) is 0 Å². The Kier molecular flexibility index (Phi) is 4.11. The van der Waals surface area contributed by atoms with E-state index in [1.807, 2.05) is 26.0 Å². The van der Waals surface area contributed by atoms with Gasteiger partial charge in [-0.05, 0) is 37.1 Å². The molecule has 1 aliphatic heterocycles. The molecule has 3 rings (SSSR count). The van der Waals surface area contributed by atoms with E-state index in [1.165, 1.54) is 6.33 Å². The third-order valence-corrected chi connectivity index (χ3v) is 3.55. The van der Waals surface area contributed by atoms with Crippen LogP contribution in [0.1, 0.15) is 11.1 Å². The highest BCUT2D eigenvalue weighted by Gasteiger charge is 2.18. The van der Waals surface area contributed by atoms with E-state index in [2.05, 4.69) is 20.9 Å². The Balaban J connectivity index is 1.87. The second kappa shape index (κ2) is 6.19. The van der Waals surface area contributed by atoms with Gasteiger partial charge in [0.05, 0.1) is 13.2 Å². The van der Waals surface area contributed by atoms with Crippen molar-refractivity contribution < 1.29 is 9.47 Å². The van der Waals surface area contributed by atoms with Gasteiger partial charge in [0, 0.05) is 13.1 Å². The number of nitrogen functional groups attached to an aromatic ring is 1. The average Bonchev–Trinajstić information content (AvgIpc) is 2.49. The molecule has 0 amide bonds.